The van der Waals surface area contributed by atoms with Crippen LogP contribution in [0, 0.1) is 5.92 Å². The highest BCUT2D eigenvalue weighted by atomic mass is 79.9. The van der Waals surface area contributed by atoms with Crippen molar-refractivity contribution in [1.29, 1.82) is 0 Å². The van der Waals surface area contributed by atoms with Crippen LogP contribution in [0.1, 0.15) is 59.9 Å². The fourth-order valence-electron chi connectivity index (χ4n) is 3.11. The van der Waals surface area contributed by atoms with Gasteiger partial charge in [-0.05, 0) is 55.7 Å². The molecule has 30 heavy (non-hydrogen) atoms. The van der Waals surface area contributed by atoms with E-state index in [1.54, 1.807) is 0 Å². The van der Waals surface area contributed by atoms with E-state index in [4.69, 9.17) is 16.3 Å². The number of carbonyl (C=O) groups excluding carboxylic acids is 1. The summed E-state index contributed by atoms with van der Waals surface area (Å²) in [5, 5.41) is 3.86. The number of ketones is 1. The maximum atomic E-state index is 13.1. The second-order valence-corrected chi connectivity index (χ2v) is 8.43. The molecule has 2 atom stereocenters. The highest BCUT2D eigenvalue weighted by molar-refractivity contribution is 9.09. The Morgan fingerprint density at radius 1 is 1.30 bits per heavy atom. The first-order valence-corrected chi connectivity index (χ1v) is 12.1. The molecule has 0 saturated carbocycles. The molecule has 166 valence electrons. The summed E-state index contributed by atoms with van der Waals surface area (Å²) in [7, 11) is 0. The summed E-state index contributed by atoms with van der Waals surface area (Å²) in [5.41, 5.74) is 3.74. The van der Waals surface area contributed by atoms with Gasteiger partial charge in [0.1, 0.15) is 10.7 Å². The van der Waals surface area contributed by atoms with Gasteiger partial charge in [0, 0.05) is 22.4 Å². The first-order chi connectivity index (χ1) is 14.4. The van der Waals surface area contributed by atoms with Crippen LogP contribution >= 0.6 is 27.5 Å². The van der Waals surface area contributed by atoms with Crippen molar-refractivity contribution in [1.82, 2.24) is 5.32 Å². The number of fused-ring (bicyclic) bond motifs is 1. The van der Waals surface area contributed by atoms with Gasteiger partial charge in [-0.25, -0.2) is 0 Å². The topological polar surface area (TPSA) is 38.3 Å². The van der Waals surface area contributed by atoms with Crippen LogP contribution < -0.4 is 10.1 Å². The van der Waals surface area contributed by atoms with Crippen molar-refractivity contribution in [2.75, 3.05) is 6.61 Å². The Morgan fingerprint density at radius 2 is 1.97 bits per heavy atom. The van der Waals surface area contributed by atoms with Crippen LogP contribution in [0.15, 0.2) is 53.3 Å². The van der Waals surface area contributed by atoms with E-state index >= 15 is 0 Å². The lowest BCUT2D eigenvalue weighted by molar-refractivity contribution is -0.120. The smallest absolute Gasteiger partial charge is 0.170 e. The molecule has 1 N–H and O–H groups in total. The molecule has 0 spiro atoms. The van der Waals surface area contributed by atoms with Gasteiger partial charge in [-0.2, -0.15) is 0 Å². The van der Waals surface area contributed by atoms with E-state index in [9.17, 15) is 4.79 Å². The van der Waals surface area contributed by atoms with E-state index in [2.05, 4.69) is 41.2 Å². The van der Waals surface area contributed by atoms with E-state index < -0.39 is 0 Å². The van der Waals surface area contributed by atoms with Gasteiger partial charge in [0.25, 0.3) is 0 Å². The predicted octanol–water partition coefficient (Wildman–Crippen LogP) is 7.39. The number of alkyl halides is 1. The second-order valence-electron chi connectivity index (χ2n) is 7.01. The molecule has 5 heteroatoms. The van der Waals surface area contributed by atoms with Gasteiger partial charge in [0.05, 0.1) is 12.5 Å². The van der Waals surface area contributed by atoms with Crippen molar-refractivity contribution in [3.8, 4) is 5.75 Å². The summed E-state index contributed by atoms with van der Waals surface area (Å²) < 4.78 is 5.77. The minimum Gasteiger partial charge on any atom is -0.493 e. The third-order valence-electron chi connectivity index (χ3n) is 4.85. The maximum absolute atomic E-state index is 13.1. The van der Waals surface area contributed by atoms with Crippen molar-refractivity contribution in [3.05, 3.63) is 63.9 Å². The highest BCUT2D eigenvalue weighted by Crippen LogP contribution is 2.33. The first kappa shape index (κ1) is 26.5. The van der Waals surface area contributed by atoms with Gasteiger partial charge in [-0.1, -0.05) is 74.1 Å². The Hall–Kier alpha value is -1.52. The molecule has 0 bridgehead atoms. The van der Waals surface area contributed by atoms with E-state index in [1.165, 1.54) is 12.8 Å². The van der Waals surface area contributed by atoms with E-state index in [0.717, 1.165) is 28.0 Å². The lowest BCUT2D eigenvalue weighted by atomic mass is 9.85. The van der Waals surface area contributed by atoms with Crippen LogP contribution in [0.5, 0.6) is 5.75 Å². The van der Waals surface area contributed by atoms with Crippen LogP contribution in [0.4, 0.5) is 0 Å². The number of unbranched alkanes of at least 4 members (excludes halogenated alkanes) is 1. The van der Waals surface area contributed by atoms with Gasteiger partial charge in [0.2, 0.25) is 0 Å². The fraction of sp³-hybridized carbons (Fsp3) is 0.480. The summed E-state index contributed by atoms with van der Waals surface area (Å²) in [4.78, 5) is 13.2. The van der Waals surface area contributed by atoms with Crippen LogP contribution in [0.25, 0.3) is 0 Å². The molecule has 2 unspecified atom stereocenters. The average molecular weight is 497 g/mol. The lowest BCUT2D eigenvalue weighted by Crippen LogP contribution is -2.31. The molecule has 0 fully saturated rings. The molecule has 0 saturated heterocycles. The predicted molar refractivity (Wildman–Crippen MR) is 133 cm³/mol. The number of halogens is 2. The van der Waals surface area contributed by atoms with E-state index in [0.29, 0.717) is 18.1 Å². The Morgan fingerprint density at radius 3 is 2.53 bits per heavy atom. The fourth-order valence-corrected chi connectivity index (χ4v) is 3.83. The maximum Gasteiger partial charge on any atom is 0.170 e. The number of carbonyl (C=O) groups is 1. The number of Topliss-reactive ketones (excluding diaryl/α,β-unsaturated/α-hetero) is 1. The molecule has 0 aliphatic carbocycles. The molecule has 3 rings (SSSR count). The van der Waals surface area contributed by atoms with Crippen LogP contribution in [0.3, 0.4) is 0 Å². The number of hydrogen-bond acceptors (Lipinski definition) is 3. The summed E-state index contributed by atoms with van der Waals surface area (Å²) in [6, 6.07) is 5.56. The zero-order valence-corrected chi connectivity index (χ0v) is 21.4. The van der Waals surface area contributed by atoms with Crippen molar-refractivity contribution >= 4 is 33.3 Å². The molecule has 1 aromatic carbocycles. The number of allylic oxidation sites excluding steroid dienone is 4. The molecular weight excluding hydrogens is 462 g/mol. The summed E-state index contributed by atoms with van der Waals surface area (Å²) in [6.07, 6.45) is 9.13. The van der Waals surface area contributed by atoms with Gasteiger partial charge < -0.3 is 10.1 Å². The minimum absolute atomic E-state index is 0.0986. The van der Waals surface area contributed by atoms with E-state index in [-0.39, 0.29) is 16.7 Å². The van der Waals surface area contributed by atoms with Gasteiger partial charge >= 0.3 is 0 Å². The Bertz CT molecular complexity index is 796. The van der Waals surface area contributed by atoms with Gasteiger partial charge in [-0.15, -0.1) is 0 Å². The largest absolute Gasteiger partial charge is 0.493 e. The molecule has 0 amide bonds. The zero-order valence-electron chi connectivity index (χ0n) is 19.0. The number of nitrogens with one attached hydrogen (secondary N) is 1. The summed E-state index contributed by atoms with van der Waals surface area (Å²) in [6.45, 7) is 12.7. The quantitative estimate of drug-likeness (QED) is 0.268. The number of hydrogen-bond donors (Lipinski definition) is 1. The van der Waals surface area contributed by atoms with Crippen LogP contribution in [-0.4, -0.2) is 17.3 Å². The molecule has 2 aliphatic heterocycles. The van der Waals surface area contributed by atoms with Crippen molar-refractivity contribution in [3.63, 3.8) is 0 Å². The lowest BCUT2D eigenvalue weighted by Gasteiger charge is -2.27. The summed E-state index contributed by atoms with van der Waals surface area (Å²) >= 11 is 9.56. The van der Waals surface area contributed by atoms with Crippen LogP contribution in [0.2, 0.25) is 5.02 Å². The molecule has 2 aliphatic rings. The molecule has 0 radical (unpaired) electrons. The number of ether oxygens (including phenoxy) is 1. The van der Waals surface area contributed by atoms with Crippen LogP contribution in [-0.2, 0) is 11.2 Å². The molecule has 1 aromatic rings. The molecule has 3 nitrogen and oxygen atoms in total. The first-order valence-electron chi connectivity index (χ1n) is 10.8. The monoisotopic (exact) mass is 495 g/mol. The number of dihydropyridines is 1. The van der Waals surface area contributed by atoms with Crippen molar-refractivity contribution in [2.24, 2.45) is 5.92 Å². The number of benzene rings is 1. The second kappa shape index (κ2) is 13.7. The zero-order chi connectivity index (χ0) is 22.7. The third kappa shape index (κ3) is 7.31. The van der Waals surface area contributed by atoms with E-state index in [1.807, 2.05) is 58.2 Å². The third-order valence-corrected chi connectivity index (χ3v) is 5.62. The molecule has 2 heterocycles. The number of rotatable bonds is 4. The van der Waals surface area contributed by atoms with Gasteiger partial charge in [-0.3, -0.25) is 4.79 Å². The standard InChI is InChI=1S/C19H19BrClNO2.C4H10.C2H6/c1-3-15(16-9-22-18(20)6-11(16)2)19(23)13-7-12-8-14(21)4-5-17(12)24-10-13;1-3-4-2;1-2/h3-6,8-9,13,18,22H,7,10H2,1-2H3;3-4H2,1-2H3;1-2H3/b15-3+;;. The SMILES string of the molecule is C/C=C(/C(=O)C1COc2ccc(Cl)cc2C1)C1=CNC(Br)C=C1C.CC.CCCC. The molecular formula is C25H35BrClNO2. The summed E-state index contributed by atoms with van der Waals surface area (Å²) in [5.74, 6) is 0.733. The Balaban J connectivity index is 0.000000673. The minimum atomic E-state index is -0.197. The average Bonchev–Trinajstić information content (AvgIpc) is 2.76. The van der Waals surface area contributed by atoms with Crippen molar-refractivity contribution < 1.29 is 9.53 Å². The highest BCUT2D eigenvalue weighted by Gasteiger charge is 2.30. The van der Waals surface area contributed by atoms with Gasteiger partial charge in [0.15, 0.2) is 5.78 Å². The molecule has 0 aromatic heterocycles. The van der Waals surface area contributed by atoms with Crippen molar-refractivity contribution in [2.45, 2.75) is 65.8 Å². The Kier molecular flexibility index (Phi) is 12.1. The normalized spacial score (nSPS) is 19.9. The Labute approximate surface area is 195 Å².